The van der Waals surface area contributed by atoms with E-state index in [1.54, 1.807) is 6.07 Å². The minimum absolute atomic E-state index is 0.206. The zero-order valence-corrected chi connectivity index (χ0v) is 9.71. The van der Waals surface area contributed by atoms with Crippen LogP contribution in [0.2, 0.25) is 0 Å². The van der Waals surface area contributed by atoms with Crippen molar-refractivity contribution in [3.8, 4) is 0 Å². The predicted molar refractivity (Wildman–Crippen MR) is 63.5 cm³/mol. The van der Waals surface area contributed by atoms with Gasteiger partial charge in [0.2, 0.25) is 5.91 Å². The molecule has 4 heteroatoms. The van der Waals surface area contributed by atoms with Gasteiger partial charge in [0.05, 0.1) is 5.41 Å². The first-order valence-electron chi connectivity index (χ1n) is 5.96. The highest BCUT2D eigenvalue weighted by Crippen LogP contribution is 2.39. The Morgan fingerprint density at radius 3 is 2.59 bits per heavy atom. The maximum atomic E-state index is 13.3. The summed E-state index contributed by atoms with van der Waals surface area (Å²) in [5.74, 6) is 4.76. The summed E-state index contributed by atoms with van der Waals surface area (Å²) < 4.78 is 13.3. The van der Waals surface area contributed by atoms with Gasteiger partial charge in [0.25, 0.3) is 0 Å². The number of benzene rings is 1. The van der Waals surface area contributed by atoms with Crippen molar-refractivity contribution >= 4 is 5.91 Å². The minimum Gasteiger partial charge on any atom is -0.293 e. The molecule has 1 aliphatic carbocycles. The van der Waals surface area contributed by atoms with Crippen LogP contribution in [0.3, 0.4) is 0 Å². The van der Waals surface area contributed by atoms with E-state index in [9.17, 15) is 9.18 Å². The largest absolute Gasteiger partial charge is 0.293 e. The molecule has 0 bridgehead atoms. The van der Waals surface area contributed by atoms with Crippen LogP contribution in [0, 0.1) is 5.82 Å². The Kier molecular flexibility index (Phi) is 3.43. The number of nitrogens with two attached hydrogens (primary N) is 1. The van der Waals surface area contributed by atoms with Crippen LogP contribution >= 0.6 is 0 Å². The normalized spacial score (nSPS) is 18.7. The van der Waals surface area contributed by atoms with E-state index in [1.807, 2.05) is 6.07 Å². The van der Waals surface area contributed by atoms with Crippen LogP contribution in [0.15, 0.2) is 24.3 Å². The summed E-state index contributed by atoms with van der Waals surface area (Å²) >= 11 is 0. The molecule has 0 unspecified atom stereocenters. The third-order valence-corrected chi connectivity index (χ3v) is 3.65. The number of rotatable bonds is 2. The van der Waals surface area contributed by atoms with Crippen LogP contribution in [-0.2, 0) is 10.2 Å². The van der Waals surface area contributed by atoms with E-state index in [0.29, 0.717) is 0 Å². The molecule has 92 valence electrons. The lowest BCUT2D eigenvalue weighted by molar-refractivity contribution is -0.128. The summed E-state index contributed by atoms with van der Waals surface area (Å²) in [5.41, 5.74) is 2.32. The molecule has 0 spiro atoms. The van der Waals surface area contributed by atoms with Gasteiger partial charge in [0.15, 0.2) is 0 Å². The molecule has 0 heterocycles. The maximum absolute atomic E-state index is 13.3. The third-order valence-electron chi connectivity index (χ3n) is 3.65. The number of hydrogen-bond donors (Lipinski definition) is 2. The van der Waals surface area contributed by atoms with Gasteiger partial charge in [0.1, 0.15) is 5.82 Å². The van der Waals surface area contributed by atoms with Gasteiger partial charge < -0.3 is 0 Å². The first kappa shape index (κ1) is 12.0. The Morgan fingerprint density at radius 1 is 1.29 bits per heavy atom. The number of halogens is 1. The quantitative estimate of drug-likeness (QED) is 0.469. The fraction of sp³-hybridized carbons (Fsp3) is 0.462. The molecule has 1 amide bonds. The summed E-state index contributed by atoms with van der Waals surface area (Å²) in [5, 5.41) is 0. The standard InChI is InChI=1S/C13H17FN2O/c14-11-6-4-5-10(9-11)13(12(17)16-15)7-2-1-3-8-13/h4-6,9H,1-3,7-8,15H2,(H,16,17). The molecule has 1 aliphatic rings. The van der Waals surface area contributed by atoms with Crippen molar-refractivity contribution in [1.29, 1.82) is 0 Å². The molecule has 0 aromatic heterocycles. The molecule has 1 saturated carbocycles. The molecule has 0 radical (unpaired) electrons. The minimum atomic E-state index is -0.644. The van der Waals surface area contributed by atoms with E-state index in [-0.39, 0.29) is 11.7 Å². The molecular weight excluding hydrogens is 219 g/mol. The Morgan fingerprint density at radius 2 is 2.00 bits per heavy atom. The van der Waals surface area contributed by atoms with Crippen molar-refractivity contribution in [2.45, 2.75) is 37.5 Å². The topological polar surface area (TPSA) is 55.1 Å². The van der Waals surface area contributed by atoms with E-state index in [1.165, 1.54) is 12.1 Å². The first-order chi connectivity index (χ1) is 8.19. The number of hydrogen-bond acceptors (Lipinski definition) is 2. The zero-order valence-electron chi connectivity index (χ0n) is 9.71. The Bertz CT molecular complexity index is 414. The van der Waals surface area contributed by atoms with Crippen LogP contribution in [0.25, 0.3) is 0 Å². The molecule has 2 rings (SSSR count). The summed E-state index contributed by atoms with van der Waals surface area (Å²) in [6, 6.07) is 6.29. The van der Waals surface area contributed by atoms with E-state index in [0.717, 1.165) is 37.7 Å². The maximum Gasteiger partial charge on any atom is 0.244 e. The lowest BCUT2D eigenvalue weighted by Gasteiger charge is -2.35. The smallest absolute Gasteiger partial charge is 0.244 e. The van der Waals surface area contributed by atoms with Gasteiger partial charge >= 0.3 is 0 Å². The van der Waals surface area contributed by atoms with Gasteiger partial charge in [-0.15, -0.1) is 0 Å². The van der Waals surface area contributed by atoms with Crippen molar-refractivity contribution < 1.29 is 9.18 Å². The second kappa shape index (κ2) is 4.84. The summed E-state index contributed by atoms with van der Waals surface area (Å²) in [6.45, 7) is 0. The van der Waals surface area contributed by atoms with Crippen molar-refractivity contribution in [1.82, 2.24) is 5.43 Å². The predicted octanol–water partition coefficient (Wildman–Crippen LogP) is 2.02. The van der Waals surface area contributed by atoms with Gasteiger partial charge in [0, 0.05) is 0 Å². The fourth-order valence-electron chi connectivity index (χ4n) is 2.73. The van der Waals surface area contributed by atoms with Crippen molar-refractivity contribution in [3.63, 3.8) is 0 Å². The van der Waals surface area contributed by atoms with Crippen LogP contribution in [-0.4, -0.2) is 5.91 Å². The molecular formula is C13H17FN2O. The Labute approximate surface area is 100 Å². The molecule has 0 aliphatic heterocycles. The molecule has 1 aromatic carbocycles. The van der Waals surface area contributed by atoms with Crippen LogP contribution in [0.4, 0.5) is 4.39 Å². The number of hydrazine groups is 1. The van der Waals surface area contributed by atoms with Crippen LogP contribution in [0.1, 0.15) is 37.7 Å². The van der Waals surface area contributed by atoms with Gasteiger partial charge in [-0.3, -0.25) is 10.2 Å². The average molecular weight is 236 g/mol. The Balaban J connectivity index is 2.42. The molecule has 1 fully saturated rings. The molecule has 0 saturated heterocycles. The van der Waals surface area contributed by atoms with E-state index >= 15 is 0 Å². The highest BCUT2D eigenvalue weighted by molar-refractivity contribution is 5.87. The van der Waals surface area contributed by atoms with E-state index in [4.69, 9.17) is 5.84 Å². The van der Waals surface area contributed by atoms with Crippen molar-refractivity contribution in [3.05, 3.63) is 35.6 Å². The second-order valence-electron chi connectivity index (χ2n) is 4.63. The molecule has 3 nitrogen and oxygen atoms in total. The number of nitrogens with one attached hydrogen (secondary N) is 1. The molecule has 3 N–H and O–H groups in total. The van der Waals surface area contributed by atoms with E-state index < -0.39 is 5.41 Å². The van der Waals surface area contributed by atoms with E-state index in [2.05, 4.69) is 5.43 Å². The zero-order chi connectivity index (χ0) is 12.3. The monoisotopic (exact) mass is 236 g/mol. The van der Waals surface area contributed by atoms with Gasteiger partial charge in [-0.25, -0.2) is 10.2 Å². The Hall–Kier alpha value is -1.42. The molecule has 0 atom stereocenters. The summed E-state index contributed by atoms with van der Waals surface area (Å²) in [4.78, 5) is 12.0. The third kappa shape index (κ3) is 2.17. The second-order valence-corrected chi connectivity index (χ2v) is 4.63. The van der Waals surface area contributed by atoms with Crippen molar-refractivity contribution in [2.24, 2.45) is 5.84 Å². The summed E-state index contributed by atoms with van der Waals surface area (Å²) in [6.07, 6.45) is 4.54. The number of amides is 1. The SMILES string of the molecule is NNC(=O)C1(c2cccc(F)c2)CCCCC1. The number of carbonyl (C=O) groups is 1. The first-order valence-corrected chi connectivity index (χ1v) is 5.96. The highest BCUT2D eigenvalue weighted by atomic mass is 19.1. The fourth-order valence-corrected chi connectivity index (χ4v) is 2.73. The summed E-state index contributed by atoms with van der Waals surface area (Å²) in [7, 11) is 0. The van der Waals surface area contributed by atoms with Crippen LogP contribution in [0.5, 0.6) is 0 Å². The highest BCUT2D eigenvalue weighted by Gasteiger charge is 2.40. The lowest BCUT2D eigenvalue weighted by atomic mass is 9.69. The van der Waals surface area contributed by atoms with Gasteiger partial charge in [-0.2, -0.15) is 0 Å². The molecule has 1 aromatic rings. The molecule has 17 heavy (non-hydrogen) atoms. The van der Waals surface area contributed by atoms with Crippen molar-refractivity contribution in [2.75, 3.05) is 0 Å². The lowest BCUT2D eigenvalue weighted by Crippen LogP contribution is -2.48. The number of carbonyl (C=O) groups excluding carboxylic acids is 1. The van der Waals surface area contributed by atoms with Crippen LogP contribution < -0.4 is 11.3 Å². The van der Waals surface area contributed by atoms with Gasteiger partial charge in [-0.05, 0) is 30.5 Å². The average Bonchev–Trinajstić information content (AvgIpc) is 2.38. The van der Waals surface area contributed by atoms with Gasteiger partial charge in [-0.1, -0.05) is 31.4 Å².